The van der Waals surface area contributed by atoms with Crippen molar-refractivity contribution in [3.05, 3.63) is 48.9 Å². The summed E-state index contributed by atoms with van der Waals surface area (Å²) in [5.74, 6) is -1.22. The second kappa shape index (κ2) is 6.21. The van der Waals surface area contributed by atoms with Gasteiger partial charge in [-0.15, -0.1) is 0 Å². The third-order valence-corrected chi connectivity index (χ3v) is 4.92. The van der Waals surface area contributed by atoms with E-state index in [0.717, 1.165) is 0 Å². The smallest absolute Gasteiger partial charge is 0.227 e. The predicted molar refractivity (Wildman–Crippen MR) is 79.7 cm³/mol. The summed E-state index contributed by atoms with van der Waals surface area (Å²) >= 11 is 29.2. The van der Waals surface area contributed by atoms with E-state index < -0.39 is 23.3 Å². The van der Waals surface area contributed by atoms with Crippen LogP contribution in [-0.4, -0.2) is 4.98 Å². The third-order valence-electron chi connectivity index (χ3n) is 2.65. The summed E-state index contributed by atoms with van der Waals surface area (Å²) < 4.78 is 52.1. The highest BCUT2D eigenvalue weighted by atomic mass is 35.5. The molecule has 1 nitrogen and oxygen atoms in total. The van der Waals surface area contributed by atoms with Crippen molar-refractivity contribution in [2.24, 2.45) is 0 Å². The third kappa shape index (κ3) is 3.10. The van der Waals surface area contributed by atoms with Gasteiger partial charge >= 0.3 is 6.18 Å². The first-order valence-electron chi connectivity index (χ1n) is 5.30. The largest absolute Gasteiger partial charge is 0.417 e. The summed E-state index contributed by atoms with van der Waals surface area (Å²) in [6.07, 6.45) is -4.38. The average Bonchev–Trinajstić information content (AvgIpc) is 2.44. The van der Waals surface area contributed by atoms with Gasteiger partial charge in [-0.2, -0.15) is 17.6 Å². The van der Waals surface area contributed by atoms with Crippen molar-refractivity contribution in [2.45, 2.75) is 6.18 Å². The molecule has 0 spiro atoms. The van der Waals surface area contributed by atoms with Crippen LogP contribution in [0.3, 0.4) is 0 Å². The molecule has 2 rings (SSSR count). The molecule has 0 aliphatic heterocycles. The number of aromatic nitrogens is 1. The van der Waals surface area contributed by atoms with Crippen LogP contribution in [0.1, 0.15) is 5.56 Å². The zero-order valence-corrected chi connectivity index (χ0v) is 13.8. The molecule has 1 heterocycles. The Kier molecular flexibility index (Phi) is 5.05. The molecule has 0 radical (unpaired) electrons. The number of pyridine rings is 1. The highest BCUT2D eigenvalue weighted by Gasteiger charge is 2.33. The van der Waals surface area contributed by atoms with E-state index >= 15 is 0 Å². The summed E-state index contributed by atoms with van der Waals surface area (Å²) in [6, 6.07) is 0.510. The Hall–Kier alpha value is -0.460. The molecule has 0 aliphatic carbocycles. The number of rotatable bonds is 1. The van der Waals surface area contributed by atoms with Gasteiger partial charge in [-0.3, -0.25) is 0 Å². The van der Waals surface area contributed by atoms with E-state index in [2.05, 4.69) is 4.98 Å². The van der Waals surface area contributed by atoms with E-state index in [4.69, 9.17) is 58.0 Å². The fourth-order valence-corrected chi connectivity index (χ4v) is 2.96. The lowest BCUT2D eigenvalue weighted by Crippen LogP contribution is -2.07. The topological polar surface area (TPSA) is 12.9 Å². The van der Waals surface area contributed by atoms with Crippen molar-refractivity contribution in [2.75, 3.05) is 0 Å². The lowest BCUT2D eigenvalue weighted by Gasteiger charge is -2.14. The van der Waals surface area contributed by atoms with Crippen LogP contribution in [0.15, 0.2) is 12.3 Å². The van der Waals surface area contributed by atoms with Gasteiger partial charge in [0.25, 0.3) is 0 Å². The van der Waals surface area contributed by atoms with E-state index in [0.29, 0.717) is 12.3 Å². The first-order valence-corrected chi connectivity index (χ1v) is 7.19. The van der Waals surface area contributed by atoms with E-state index in [1.807, 2.05) is 0 Å². The van der Waals surface area contributed by atoms with Crippen LogP contribution >= 0.6 is 58.0 Å². The van der Waals surface area contributed by atoms with Crippen LogP contribution < -0.4 is 0 Å². The van der Waals surface area contributed by atoms with Crippen molar-refractivity contribution < 1.29 is 17.6 Å². The van der Waals surface area contributed by atoms with Gasteiger partial charge in [0.15, 0.2) is 0 Å². The van der Waals surface area contributed by atoms with Gasteiger partial charge in [0, 0.05) is 17.3 Å². The second-order valence-electron chi connectivity index (χ2n) is 4.01. The van der Waals surface area contributed by atoms with Gasteiger partial charge in [-0.1, -0.05) is 58.0 Å². The maximum Gasteiger partial charge on any atom is 0.417 e. The van der Waals surface area contributed by atoms with Crippen molar-refractivity contribution in [1.82, 2.24) is 4.98 Å². The normalized spacial score (nSPS) is 11.9. The van der Waals surface area contributed by atoms with Crippen LogP contribution in [0.2, 0.25) is 25.1 Å². The molecule has 22 heavy (non-hydrogen) atoms. The molecule has 0 saturated carbocycles. The van der Waals surface area contributed by atoms with Crippen LogP contribution in [-0.2, 0) is 6.18 Å². The first kappa shape index (κ1) is 17.9. The number of alkyl halides is 3. The van der Waals surface area contributed by atoms with Gasteiger partial charge < -0.3 is 0 Å². The van der Waals surface area contributed by atoms with Crippen molar-refractivity contribution in [3.8, 4) is 11.1 Å². The number of nitrogens with zero attached hydrogens (tertiary/aromatic N) is 1. The van der Waals surface area contributed by atoms with Crippen molar-refractivity contribution in [1.29, 1.82) is 0 Å². The Labute approximate surface area is 146 Å². The summed E-state index contributed by atoms with van der Waals surface area (Å²) in [5, 5.41) is -1.38. The molecule has 0 unspecified atom stereocenters. The molecule has 1 aromatic carbocycles. The zero-order chi connectivity index (χ0) is 16.8. The molecular formula is C12H2Cl5F4N. The number of hydrogen-bond acceptors (Lipinski definition) is 1. The molecule has 0 amide bonds. The lowest BCUT2D eigenvalue weighted by molar-refractivity contribution is -0.137. The monoisotopic (exact) mass is 411 g/mol. The Morgan fingerprint density at radius 2 is 1.27 bits per heavy atom. The summed E-state index contributed by atoms with van der Waals surface area (Å²) in [5.41, 5.74) is -2.10. The van der Waals surface area contributed by atoms with Gasteiger partial charge in [-0.25, -0.2) is 4.98 Å². The maximum absolute atomic E-state index is 13.9. The molecule has 0 atom stereocenters. The van der Waals surface area contributed by atoms with Crippen LogP contribution in [0.5, 0.6) is 0 Å². The van der Waals surface area contributed by atoms with E-state index in [9.17, 15) is 17.6 Å². The maximum atomic E-state index is 13.9. The Balaban J connectivity index is 2.83. The van der Waals surface area contributed by atoms with E-state index in [1.54, 1.807) is 0 Å². The quantitative estimate of drug-likeness (QED) is 0.209. The number of halogens is 9. The summed E-state index contributed by atoms with van der Waals surface area (Å²) in [6.45, 7) is 0. The van der Waals surface area contributed by atoms with E-state index in [-0.39, 0.29) is 30.7 Å². The highest BCUT2D eigenvalue weighted by Crippen LogP contribution is 2.49. The Morgan fingerprint density at radius 3 is 1.73 bits per heavy atom. The van der Waals surface area contributed by atoms with Gasteiger partial charge in [0.2, 0.25) is 5.95 Å². The van der Waals surface area contributed by atoms with Crippen LogP contribution in [0.4, 0.5) is 17.6 Å². The molecule has 0 N–H and O–H groups in total. The van der Waals surface area contributed by atoms with Crippen LogP contribution in [0, 0.1) is 5.95 Å². The minimum absolute atomic E-state index is 0.192. The Morgan fingerprint density at radius 1 is 0.818 bits per heavy atom. The number of hydrogen-bond donors (Lipinski definition) is 0. The SMILES string of the molecule is Fc1ncc(C(F)(F)F)cc1-c1c(Cl)c(Cl)c(Cl)c(Cl)c1Cl. The number of benzene rings is 1. The lowest BCUT2D eigenvalue weighted by atomic mass is 10.0. The molecule has 1 aromatic heterocycles. The fourth-order valence-electron chi connectivity index (χ4n) is 1.62. The molecule has 0 fully saturated rings. The highest BCUT2D eigenvalue weighted by molar-refractivity contribution is 6.56. The predicted octanol–water partition coefficient (Wildman–Crippen LogP) is 7.17. The fraction of sp³-hybridized carbons (Fsp3) is 0.0833. The summed E-state index contributed by atoms with van der Waals surface area (Å²) in [7, 11) is 0. The molecule has 2 aromatic rings. The second-order valence-corrected chi connectivity index (χ2v) is 5.89. The molecule has 118 valence electrons. The molecule has 10 heteroatoms. The Bertz CT molecular complexity index is 731. The first-order chi connectivity index (χ1) is 10.1. The van der Waals surface area contributed by atoms with Gasteiger partial charge in [0.1, 0.15) is 0 Å². The molecule has 0 saturated heterocycles. The molecular weight excluding hydrogens is 411 g/mol. The standard InChI is InChI=1S/C12H2Cl5F4N/c13-6-5(7(14)9(16)10(17)8(6)15)4-1-3(12(19,20)21)2-22-11(4)18/h1-2H. The van der Waals surface area contributed by atoms with Gasteiger partial charge in [-0.05, 0) is 6.07 Å². The molecule has 0 bridgehead atoms. The van der Waals surface area contributed by atoms with Crippen LogP contribution in [0.25, 0.3) is 11.1 Å². The summed E-state index contributed by atoms with van der Waals surface area (Å²) in [4.78, 5) is 3.06. The van der Waals surface area contributed by atoms with Gasteiger partial charge in [0.05, 0.1) is 30.7 Å². The van der Waals surface area contributed by atoms with Crippen molar-refractivity contribution in [3.63, 3.8) is 0 Å². The average molecular weight is 413 g/mol. The molecule has 0 aliphatic rings. The minimum atomic E-state index is -4.73. The van der Waals surface area contributed by atoms with Crippen molar-refractivity contribution >= 4 is 58.0 Å². The zero-order valence-electron chi connectivity index (χ0n) is 10.0. The van der Waals surface area contributed by atoms with E-state index in [1.165, 1.54) is 0 Å². The minimum Gasteiger partial charge on any atom is -0.227 e.